The Labute approximate surface area is 135 Å². The van der Waals surface area contributed by atoms with E-state index in [1.165, 1.54) is 5.56 Å². The summed E-state index contributed by atoms with van der Waals surface area (Å²) in [6.07, 6.45) is 3.99. The summed E-state index contributed by atoms with van der Waals surface area (Å²) in [7, 11) is 0. The van der Waals surface area contributed by atoms with E-state index in [2.05, 4.69) is 15.5 Å². The van der Waals surface area contributed by atoms with Crippen molar-refractivity contribution in [3.05, 3.63) is 41.2 Å². The van der Waals surface area contributed by atoms with Crippen LogP contribution < -0.4 is 14.8 Å². The molecule has 2 N–H and O–H groups in total. The minimum atomic E-state index is 0.0191. The van der Waals surface area contributed by atoms with Gasteiger partial charge in [0.25, 0.3) is 0 Å². The summed E-state index contributed by atoms with van der Waals surface area (Å²) in [4.78, 5) is 12.0. The van der Waals surface area contributed by atoms with Crippen molar-refractivity contribution in [3.8, 4) is 11.5 Å². The van der Waals surface area contributed by atoms with Crippen molar-refractivity contribution in [3.63, 3.8) is 0 Å². The minimum absolute atomic E-state index is 0.0191. The number of nitrogens with zero attached hydrogens (tertiary/aromatic N) is 1. The fraction of sp³-hybridized carbons (Fsp3) is 0.412. The largest absolute Gasteiger partial charge is 0.486 e. The third-order valence-electron chi connectivity index (χ3n) is 3.85. The number of carbonyl (C=O) groups excluding carboxylic acids is 1. The Balaban J connectivity index is 1.43. The lowest BCUT2D eigenvalue weighted by Crippen LogP contribution is -2.26. The number of nitrogens with one attached hydrogen (secondary N) is 2. The number of amides is 1. The van der Waals surface area contributed by atoms with E-state index in [9.17, 15) is 4.79 Å². The number of aromatic nitrogens is 2. The number of rotatable bonds is 6. The molecule has 0 unspecified atom stereocenters. The second kappa shape index (κ2) is 7.17. The number of ether oxygens (including phenoxy) is 2. The van der Waals surface area contributed by atoms with Gasteiger partial charge in [0.15, 0.2) is 11.5 Å². The molecule has 1 aliphatic heterocycles. The molecule has 0 fully saturated rings. The molecule has 1 aromatic carbocycles. The number of aromatic amines is 1. The molecule has 23 heavy (non-hydrogen) atoms. The van der Waals surface area contributed by atoms with Crippen LogP contribution in [-0.2, 0) is 17.6 Å². The summed E-state index contributed by atoms with van der Waals surface area (Å²) < 4.78 is 11.0. The zero-order valence-electron chi connectivity index (χ0n) is 13.2. The van der Waals surface area contributed by atoms with Gasteiger partial charge in [0.2, 0.25) is 5.91 Å². The van der Waals surface area contributed by atoms with E-state index >= 15 is 0 Å². The Morgan fingerprint density at radius 1 is 1.30 bits per heavy atom. The van der Waals surface area contributed by atoms with Gasteiger partial charge in [-0.2, -0.15) is 5.10 Å². The highest BCUT2D eigenvalue weighted by Gasteiger charge is 2.13. The molecule has 1 amide bonds. The molecule has 6 heteroatoms. The molecule has 0 aliphatic carbocycles. The Morgan fingerprint density at radius 2 is 2.13 bits per heavy atom. The summed E-state index contributed by atoms with van der Waals surface area (Å²) in [5.41, 5.74) is 3.22. The van der Waals surface area contributed by atoms with Crippen molar-refractivity contribution in [1.82, 2.24) is 15.5 Å². The monoisotopic (exact) mass is 315 g/mol. The minimum Gasteiger partial charge on any atom is -0.486 e. The number of hydrogen-bond donors (Lipinski definition) is 2. The molecule has 0 bridgehead atoms. The Hall–Kier alpha value is -2.50. The Morgan fingerprint density at radius 3 is 2.91 bits per heavy atom. The van der Waals surface area contributed by atoms with Crippen LogP contribution in [0.15, 0.2) is 24.4 Å². The average Bonchev–Trinajstić information content (AvgIpc) is 2.97. The lowest BCUT2D eigenvalue weighted by molar-refractivity contribution is -0.120. The van der Waals surface area contributed by atoms with Gasteiger partial charge in [-0.25, -0.2) is 0 Å². The molecule has 1 aromatic heterocycles. The number of H-pyrrole nitrogens is 1. The van der Waals surface area contributed by atoms with E-state index < -0.39 is 0 Å². The van der Waals surface area contributed by atoms with Gasteiger partial charge in [-0.15, -0.1) is 0 Å². The maximum atomic E-state index is 12.0. The Bertz CT molecular complexity index is 681. The maximum Gasteiger partial charge on any atom is 0.224 e. The van der Waals surface area contributed by atoms with Gasteiger partial charge in [-0.3, -0.25) is 9.89 Å². The molecule has 3 rings (SSSR count). The SMILES string of the molecule is Cc1[nH]ncc1CCCNC(=O)Cc1ccc2c(c1)OCCO2. The van der Waals surface area contributed by atoms with Crippen molar-refractivity contribution in [1.29, 1.82) is 0 Å². The molecular formula is C17H21N3O3. The predicted octanol–water partition coefficient (Wildman–Crippen LogP) is 1.78. The smallest absolute Gasteiger partial charge is 0.224 e. The molecule has 122 valence electrons. The third-order valence-corrected chi connectivity index (χ3v) is 3.85. The molecule has 0 radical (unpaired) electrons. The molecule has 0 spiro atoms. The number of fused-ring (bicyclic) bond motifs is 1. The summed E-state index contributed by atoms with van der Waals surface area (Å²) in [6.45, 7) is 3.79. The molecule has 1 aliphatic rings. The van der Waals surface area contributed by atoms with Gasteiger partial charge in [0, 0.05) is 12.2 Å². The number of benzene rings is 1. The van der Waals surface area contributed by atoms with E-state index in [4.69, 9.17) is 9.47 Å². The van der Waals surface area contributed by atoms with Gasteiger partial charge < -0.3 is 14.8 Å². The molecule has 0 atom stereocenters. The van der Waals surface area contributed by atoms with Gasteiger partial charge >= 0.3 is 0 Å². The number of hydrogen-bond acceptors (Lipinski definition) is 4. The number of aryl methyl sites for hydroxylation is 2. The highest BCUT2D eigenvalue weighted by Crippen LogP contribution is 2.30. The lowest BCUT2D eigenvalue weighted by atomic mass is 10.1. The molecule has 2 heterocycles. The first-order valence-corrected chi connectivity index (χ1v) is 7.86. The van der Waals surface area contributed by atoms with Gasteiger partial charge in [-0.1, -0.05) is 6.07 Å². The van der Waals surface area contributed by atoms with Crippen LogP contribution in [0.4, 0.5) is 0 Å². The zero-order valence-corrected chi connectivity index (χ0v) is 13.2. The first-order valence-electron chi connectivity index (χ1n) is 7.86. The highest BCUT2D eigenvalue weighted by molar-refractivity contribution is 5.78. The normalized spacial score (nSPS) is 12.9. The molecular weight excluding hydrogens is 294 g/mol. The van der Waals surface area contributed by atoms with Crippen molar-refractivity contribution in [2.45, 2.75) is 26.2 Å². The van der Waals surface area contributed by atoms with Crippen molar-refractivity contribution >= 4 is 5.91 Å². The fourth-order valence-electron chi connectivity index (χ4n) is 2.58. The first-order chi connectivity index (χ1) is 11.2. The molecule has 2 aromatic rings. The van der Waals surface area contributed by atoms with E-state index in [0.29, 0.717) is 26.2 Å². The van der Waals surface area contributed by atoms with Gasteiger partial charge in [0.05, 0.1) is 12.6 Å². The number of carbonyl (C=O) groups is 1. The zero-order chi connectivity index (χ0) is 16.1. The Kier molecular flexibility index (Phi) is 4.80. The topological polar surface area (TPSA) is 76.2 Å². The van der Waals surface area contributed by atoms with E-state index in [-0.39, 0.29) is 5.91 Å². The van der Waals surface area contributed by atoms with E-state index in [1.807, 2.05) is 31.3 Å². The molecule has 6 nitrogen and oxygen atoms in total. The second-order valence-corrected chi connectivity index (χ2v) is 5.63. The van der Waals surface area contributed by atoms with Crippen LogP contribution in [0.25, 0.3) is 0 Å². The quantitative estimate of drug-likeness (QED) is 0.797. The van der Waals surface area contributed by atoms with Crippen LogP contribution in [0.3, 0.4) is 0 Å². The van der Waals surface area contributed by atoms with Crippen molar-refractivity contribution < 1.29 is 14.3 Å². The summed E-state index contributed by atoms with van der Waals surface area (Å²) >= 11 is 0. The van der Waals surface area contributed by atoms with Crippen molar-refractivity contribution in [2.24, 2.45) is 0 Å². The van der Waals surface area contributed by atoms with Crippen molar-refractivity contribution in [2.75, 3.05) is 19.8 Å². The third kappa shape index (κ3) is 4.03. The summed E-state index contributed by atoms with van der Waals surface area (Å²) in [6, 6.07) is 5.64. The van der Waals surface area contributed by atoms with Gasteiger partial charge in [0.1, 0.15) is 13.2 Å². The van der Waals surface area contributed by atoms with Gasteiger partial charge in [-0.05, 0) is 43.0 Å². The fourth-order valence-corrected chi connectivity index (χ4v) is 2.58. The van der Waals surface area contributed by atoms with Crippen LogP contribution in [0.1, 0.15) is 23.2 Å². The van der Waals surface area contributed by atoms with Crippen LogP contribution in [0, 0.1) is 6.92 Å². The summed E-state index contributed by atoms with van der Waals surface area (Å²) in [5.74, 6) is 1.48. The van der Waals surface area contributed by atoms with E-state index in [0.717, 1.165) is 35.6 Å². The maximum absolute atomic E-state index is 12.0. The predicted molar refractivity (Wildman–Crippen MR) is 85.8 cm³/mol. The average molecular weight is 315 g/mol. The van der Waals surface area contributed by atoms with E-state index in [1.54, 1.807) is 0 Å². The first kappa shape index (κ1) is 15.4. The van der Waals surface area contributed by atoms with Crippen LogP contribution in [0.5, 0.6) is 11.5 Å². The standard InChI is InChI=1S/C17H21N3O3/c1-12-14(11-19-20-12)3-2-6-18-17(21)10-13-4-5-15-16(9-13)23-8-7-22-15/h4-5,9,11H,2-3,6-8,10H2,1H3,(H,18,21)(H,19,20). The van der Waals surface area contributed by atoms with Crippen LogP contribution in [-0.4, -0.2) is 35.9 Å². The molecule has 0 saturated heterocycles. The highest BCUT2D eigenvalue weighted by atomic mass is 16.6. The molecule has 0 saturated carbocycles. The van der Waals surface area contributed by atoms with Crippen LogP contribution >= 0.6 is 0 Å². The second-order valence-electron chi connectivity index (χ2n) is 5.63. The van der Waals surface area contributed by atoms with Crippen LogP contribution in [0.2, 0.25) is 0 Å². The lowest BCUT2D eigenvalue weighted by Gasteiger charge is -2.18. The summed E-state index contributed by atoms with van der Waals surface area (Å²) in [5, 5.41) is 9.86.